The van der Waals surface area contributed by atoms with Crippen molar-refractivity contribution in [1.82, 2.24) is 0 Å². The van der Waals surface area contributed by atoms with Crippen molar-refractivity contribution >= 4 is 5.97 Å². The Morgan fingerprint density at radius 2 is 2.11 bits per heavy atom. The van der Waals surface area contributed by atoms with E-state index in [0.717, 1.165) is 0 Å². The predicted octanol–water partition coefficient (Wildman–Crippen LogP) is 3.15. The fourth-order valence-electron chi connectivity index (χ4n) is 2.34. The Kier molecular flexibility index (Phi) is 2.88. The molecule has 0 saturated heterocycles. The van der Waals surface area contributed by atoms with Gasteiger partial charge in [0.1, 0.15) is 17.1 Å². The van der Waals surface area contributed by atoms with Crippen LogP contribution in [0.3, 0.4) is 0 Å². The smallest absolute Gasteiger partial charge is 0.349 e. The summed E-state index contributed by atoms with van der Waals surface area (Å²) >= 11 is 0. The summed E-state index contributed by atoms with van der Waals surface area (Å²) in [5.74, 6) is 0.414. The zero-order valence-corrected chi connectivity index (χ0v) is 11.3. The topological polar surface area (TPSA) is 44.8 Å². The van der Waals surface area contributed by atoms with Gasteiger partial charge in [0, 0.05) is 13.8 Å². The van der Waals surface area contributed by atoms with Crippen LogP contribution in [0.1, 0.15) is 43.5 Å². The highest BCUT2D eigenvalue weighted by molar-refractivity contribution is 5.96. The minimum absolute atomic E-state index is 0.379. The molecule has 0 radical (unpaired) electrons. The van der Waals surface area contributed by atoms with Crippen molar-refractivity contribution in [3.05, 3.63) is 23.8 Å². The molecule has 1 saturated carbocycles. The van der Waals surface area contributed by atoms with E-state index in [0.29, 0.717) is 29.6 Å². The number of carbonyl (C=O) groups excluding carboxylic acids is 1. The Labute approximate surface area is 112 Å². The fraction of sp³-hybridized carbons (Fsp3) is 0.533. The first-order chi connectivity index (χ1) is 9.05. The lowest BCUT2D eigenvalue weighted by atomic mass is 9.86. The molecular formula is C15H18O4. The molecule has 1 aliphatic heterocycles. The number of ether oxygens (including phenoxy) is 3. The Morgan fingerprint density at radius 3 is 2.79 bits per heavy atom. The van der Waals surface area contributed by atoms with E-state index in [1.54, 1.807) is 26.0 Å². The van der Waals surface area contributed by atoms with Gasteiger partial charge < -0.3 is 14.2 Å². The van der Waals surface area contributed by atoms with Gasteiger partial charge in [0.05, 0.1) is 6.61 Å². The molecule has 1 aliphatic carbocycles. The molecular weight excluding hydrogens is 244 g/mol. The summed E-state index contributed by atoms with van der Waals surface area (Å²) in [6.07, 6.45) is 3.70. The van der Waals surface area contributed by atoms with E-state index in [1.165, 1.54) is 19.3 Å². The molecule has 102 valence electrons. The first-order valence-electron chi connectivity index (χ1n) is 6.73. The van der Waals surface area contributed by atoms with Crippen LogP contribution in [0.25, 0.3) is 0 Å². The highest BCUT2D eigenvalue weighted by Gasteiger charge is 2.36. The molecule has 0 unspecified atom stereocenters. The van der Waals surface area contributed by atoms with Crippen LogP contribution in [-0.2, 0) is 4.74 Å². The van der Waals surface area contributed by atoms with E-state index in [-0.39, 0.29) is 5.97 Å². The van der Waals surface area contributed by atoms with Crippen molar-refractivity contribution in [2.24, 2.45) is 5.92 Å². The Morgan fingerprint density at radius 1 is 1.32 bits per heavy atom. The zero-order valence-electron chi connectivity index (χ0n) is 11.3. The average Bonchev–Trinajstić information content (AvgIpc) is 2.24. The molecule has 4 heteroatoms. The van der Waals surface area contributed by atoms with Gasteiger partial charge in [-0.25, -0.2) is 4.79 Å². The summed E-state index contributed by atoms with van der Waals surface area (Å²) < 4.78 is 16.7. The lowest BCUT2D eigenvalue weighted by Gasteiger charge is -2.32. The molecule has 1 heterocycles. The fourth-order valence-corrected chi connectivity index (χ4v) is 2.34. The van der Waals surface area contributed by atoms with E-state index in [2.05, 4.69) is 0 Å². The van der Waals surface area contributed by atoms with Gasteiger partial charge in [0.15, 0.2) is 0 Å². The second-order valence-corrected chi connectivity index (χ2v) is 5.63. The number of cyclic esters (lactones) is 1. The van der Waals surface area contributed by atoms with Gasteiger partial charge in [-0.15, -0.1) is 0 Å². The van der Waals surface area contributed by atoms with Crippen molar-refractivity contribution in [2.45, 2.75) is 38.9 Å². The van der Waals surface area contributed by atoms with Gasteiger partial charge in [-0.05, 0) is 30.9 Å². The number of benzene rings is 1. The Bertz CT molecular complexity index is 503. The third kappa shape index (κ3) is 2.39. The van der Waals surface area contributed by atoms with Gasteiger partial charge >= 0.3 is 5.97 Å². The van der Waals surface area contributed by atoms with Gasteiger partial charge in [0.25, 0.3) is 0 Å². The molecule has 4 nitrogen and oxygen atoms in total. The van der Waals surface area contributed by atoms with Crippen LogP contribution in [0.2, 0.25) is 0 Å². The number of carbonyl (C=O) groups is 1. The number of esters is 1. The molecule has 0 spiro atoms. The molecule has 19 heavy (non-hydrogen) atoms. The van der Waals surface area contributed by atoms with Crippen molar-refractivity contribution in [2.75, 3.05) is 6.61 Å². The maximum absolute atomic E-state index is 12.1. The maximum atomic E-state index is 12.1. The minimum atomic E-state index is -0.920. The molecule has 2 aliphatic rings. The van der Waals surface area contributed by atoms with Crippen LogP contribution in [0.4, 0.5) is 0 Å². The minimum Gasteiger partial charge on any atom is -0.492 e. The Hall–Kier alpha value is -1.71. The normalized spacial score (nSPS) is 20.8. The second kappa shape index (κ2) is 4.44. The summed E-state index contributed by atoms with van der Waals surface area (Å²) in [6.45, 7) is 4.10. The third-order valence-corrected chi connectivity index (χ3v) is 3.59. The Balaban J connectivity index is 1.83. The van der Waals surface area contributed by atoms with Gasteiger partial charge in [-0.3, -0.25) is 0 Å². The largest absolute Gasteiger partial charge is 0.492 e. The summed E-state index contributed by atoms with van der Waals surface area (Å²) in [7, 11) is 0. The van der Waals surface area contributed by atoms with Crippen molar-refractivity contribution in [1.29, 1.82) is 0 Å². The standard InChI is InChI=1S/C15H18O4/c1-15(2)18-12-8-4-7-11(13(12)14(16)19-15)17-9-10-5-3-6-10/h4,7-8,10H,3,5-6,9H2,1-2H3. The molecule has 0 bridgehead atoms. The maximum Gasteiger partial charge on any atom is 0.349 e. The molecule has 1 aromatic carbocycles. The van der Waals surface area contributed by atoms with E-state index in [1.807, 2.05) is 6.07 Å². The first kappa shape index (κ1) is 12.3. The van der Waals surface area contributed by atoms with Crippen LogP contribution < -0.4 is 9.47 Å². The lowest BCUT2D eigenvalue weighted by molar-refractivity contribution is -0.127. The van der Waals surface area contributed by atoms with Crippen LogP contribution >= 0.6 is 0 Å². The molecule has 1 fully saturated rings. The molecule has 3 rings (SSSR count). The van der Waals surface area contributed by atoms with Gasteiger partial charge in [-0.2, -0.15) is 0 Å². The third-order valence-electron chi connectivity index (χ3n) is 3.59. The quantitative estimate of drug-likeness (QED) is 0.785. The predicted molar refractivity (Wildman–Crippen MR) is 69.4 cm³/mol. The van der Waals surface area contributed by atoms with E-state index in [9.17, 15) is 4.79 Å². The number of hydrogen-bond donors (Lipinski definition) is 0. The summed E-state index contributed by atoms with van der Waals surface area (Å²) in [5, 5.41) is 0. The molecule has 0 N–H and O–H groups in total. The van der Waals surface area contributed by atoms with Crippen LogP contribution in [0.5, 0.6) is 11.5 Å². The van der Waals surface area contributed by atoms with E-state index in [4.69, 9.17) is 14.2 Å². The van der Waals surface area contributed by atoms with Crippen LogP contribution in [0, 0.1) is 5.92 Å². The highest BCUT2D eigenvalue weighted by atomic mass is 16.7. The van der Waals surface area contributed by atoms with Crippen molar-refractivity contribution in [3.8, 4) is 11.5 Å². The van der Waals surface area contributed by atoms with E-state index >= 15 is 0 Å². The zero-order chi connectivity index (χ0) is 13.5. The van der Waals surface area contributed by atoms with Crippen molar-refractivity contribution < 1.29 is 19.0 Å². The van der Waals surface area contributed by atoms with Crippen LogP contribution in [-0.4, -0.2) is 18.4 Å². The van der Waals surface area contributed by atoms with E-state index < -0.39 is 5.79 Å². The first-order valence-corrected chi connectivity index (χ1v) is 6.73. The summed E-state index contributed by atoms with van der Waals surface area (Å²) in [6, 6.07) is 5.40. The molecule has 0 atom stereocenters. The van der Waals surface area contributed by atoms with Gasteiger partial charge in [0.2, 0.25) is 5.79 Å². The van der Waals surface area contributed by atoms with Crippen LogP contribution in [0.15, 0.2) is 18.2 Å². The molecule has 1 aromatic rings. The molecule has 0 aromatic heterocycles. The SMILES string of the molecule is CC1(C)OC(=O)c2c(OCC3CCC3)cccc2O1. The lowest BCUT2D eigenvalue weighted by Crippen LogP contribution is -2.39. The molecule has 0 amide bonds. The monoisotopic (exact) mass is 262 g/mol. The average molecular weight is 262 g/mol. The number of rotatable bonds is 3. The number of hydrogen-bond acceptors (Lipinski definition) is 4. The summed E-state index contributed by atoms with van der Waals surface area (Å²) in [4.78, 5) is 12.1. The van der Waals surface area contributed by atoms with Crippen molar-refractivity contribution in [3.63, 3.8) is 0 Å². The highest BCUT2D eigenvalue weighted by Crippen LogP contribution is 2.37. The second-order valence-electron chi connectivity index (χ2n) is 5.63. The summed E-state index contributed by atoms with van der Waals surface area (Å²) in [5.41, 5.74) is 0.404. The number of fused-ring (bicyclic) bond motifs is 1. The van der Waals surface area contributed by atoms with Gasteiger partial charge in [-0.1, -0.05) is 12.5 Å².